The van der Waals surface area contributed by atoms with E-state index in [1.54, 1.807) is 0 Å². The number of carboxylic acid groups (broad SMARTS) is 1. The van der Waals surface area contributed by atoms with Gasteiger partial charge in [-0.3, -0.25) is 34.8 Å². The number of hydrogen-bond donors (Lipinski definition) is 11. The van der Waals surface area contributed by atoms with Gasteiger partial charge in [-0.05, 0) is 39.0 Å². The van der Waals surface area contributed by atoms with E-state index in [2.05, 4.69) is 10.6 Å². The molecule has 0 spiro atoms. The van der Waals surface area contributed by atoms with Crippen molar-refractivity contribution in [2.75, 3.05) is 39.3 Å². The van der Waals surface area contributed by atoms with Gasteiger partial charge in [0.25, 0.3) is 5.91 Å². The van der Waals surface area contributed by atoms with Crippen molar-refractivity contribution in [2.45, 2.75) is 69.4 Å². The summed E-state index contributed by atoms with van der Waals surface area (Å²) in [6.07, 6.45) is -2.62. The molecule has 0 radical (unpaired) electrons. The molecule has 0 saturated heterocycles. The maximum absolute atomic E-state index is 12.8. The van der Waals surface area contributed by atoms with Crippen LogP contribution in [0.3, 0.4) is 0 Å². The largest absolute Gasteiger partial charge is 0.480 e. The van der Waals surface area contributed by atoms with Gasteiger partial charge in [0.05, 0.1) is 31.3 Å². The highest BCUT2D eigenvalue weighted by molar-refractivity contribution is 5.89. The highest BCUT2D eigenvalue weighted by Crippen LogP contribution is 2.07. The maximum atomic E-state index is 12.8. The molecule has 0 aromatic heterocycles. The highest BCUT2D eigenvalue weighted by Gasteiger charge is 2.34. The fourth-order valence-corrected chi connectivity index (χ4v) is 3.41. The molecule has 0 aliphatic carbocycles. The van der Waals surface area contributed by atoms with Gasteiger partial charge in [-0.1, -0.05) is 0 Å². The topological polar surface area (TPSA) is 316 Å². The van der Waals surface area contributed by atoms with Crippen LogP contribution in [0.1, 0.15) is 39.0 Å². The molecule has 5 atom stereocenters. The highest BCUT2D eigenvalue weighted by atomic mass is 16.5. The van der Waals surface area contributed by atoms with E-state index in [1.807, 2.05) is 0 Å². The first-order valence-electron chi connectivity index (χ1n) is 13.1. The van der Waals surface area contributed by atoms with E-state index < -0.39 is 67.2 Å². The van der Waals surface area contributed by atoms with Crippen molar-refractivity contribution in [3.8, 4) is 0 Å². The first-order valence-corrected chi connectivity index (χ1v) is 13.1. The number of carbonyl (C=O) groups excluding carboxylic acids is 4. The Kier molecular flexibility index (Phi) is 19.1. The predicted molar refractivity (Wildman–Crippen MR) is 140 cm³/mol. The number of amides is 5. The molecule has 0 heterocycles. The van der Waals surface area contributed by atoms with E-state index in [0.717, 1.165) is 0 Å². The molecule has 13 N–H and O–H groups in total. The van der Waals surface area contributed by atoms with Gasteiger partial charge >= 0.3 is 12.0 Å². The summed E-state index contributed by atoms with van der Waals surface area (Å²) in [5.74, 6) is -3.43. The van der Waals surface area contributed by atoms with Crippen LogP contribution in [0.15, 0.2) is 0 Å². The van der Waals surface area contributed by atoms with E-state index in [0.29, 0.717) is 15.2 Å². The number of rotatable bonds is 22. The van der Waals surface area contributed by atoms with Crippen LogP contribution in [0.2, 0.25) is 0 Å². The van der Waals surface area contributed by atoms with Gasteiger partial charge in [0.1, 0.15) is 12.1 Å². The maximum Gasteiger partial charge on any atom is 0.341 e. The summed E-state index contributed by atoms with van der Waals surface area (Å²) in [7, 11) is 0. The number of hydrogen-bond acceptors (Lipinski definition) is 14. The Morgan fingerprint density at radius 3 is 1.98 bits per heavy atom. The molecule has 0 rings (SSSR count). The van der Waals surface area contributed by atoms with Crippen LogP contribution in [0.25, 0.3) is 0 Å². The lowest BCUT2D eigenvalue weighted by Gasteiger charge is -2.29. The summed E-state index contributed by atoms with van der Waals surface area (Å²) in [5.41, 5.74) is 11.2. The van der Waals surface area contributed by atoms with E-state index in [4.69, 9.17) is 21.8 Å². The zero-order valence-electron chi connectivity index (χ0n) is 23.4. The van der Waals surface area contributed by atoms with Crippen molar-refractivity contribution in [2.24, 2.45) is 11.5 Å². The molecule has 42 heavy (non-hydrogen) atoms. The van der Waals surface area contributed by atoms with E-state index in [9.17, 15) is 49.8 Å². The average Bonchev–Trinajstić information content (AvgIpc) is 2.91. The minimum atomic E-state index is -1.82. The third kappa shape index (κ3) is 16.3. The molecular weight excluding hydrogens is 568 g/mol. The molecule has 5 amide bonds. The van der Waals surface area contributed by atoms with E-state index in [1.165, 1.54) is 6.92 Å². The van der Waals surface area contributed by atoms with Crippen LogP contribution in [-0.4, -0.2) is 156 Å². The quantitative estimate of drug-likeness (QED) is 0.0240. The van der Waals surface area contributed by atoms with Crippen LogP contribution < -0.4 is 22.1 Å². The number of urea groups is 1. The number of aliphatic carboxylic acids is 1. The average molecular weight is 613 g/mol. The summed E-state index contributed by atoms with van der Waals surface area (Å²) < 4.78 is 0. The molecule has 0 aromatic carbocycles. The van der Waals surface area contributed by atoms with Gasteiger partial charge in [0.15, 0.2) is 0 Å². The summed E-state index contributed by atoms with van der Waals surface area (Å²) in [6.45, 7) is -0.240. The fraction of sp³-hybridized carbons (Fsp3) is 0.773. The first kappa shape index (κ1) is 38.8. The van der Waals surface area contributed by atoms with Crippen molar-refractivity contribution in [3.63, 3.8) is 0 Å². The molecule has 0 aliphatic rings. The van der Waals surface area contributed by atoms with Gasteiger partial charge < -0.3 is 42.6 Å². The number of nitrogens with two attached hydrogens (primary N) is 2. The Labute approximate surface area is 241 Å². The normalized spacial score (nSPS) is 14.7. The van der Waals surface area contributed by atoms with E-state index in [-0.39, 0.29) is 69.8 Å². The Hall–Kier alpha value is -3.21. The fourth-order valence-electron chi connectivity index (χ4n) is 3.41. The van der Waals surface area contributed by atoms with Crippen molar-refractivity contribution in [1.82, 2.24) is 30.9 Å². The molecule has 0 aromatic rings. The number of hydroxylamine groups is 8. The summed E-state index contributed by atoms with van der Waals surface area (Å²) in [6, 6.07) is -5.24. The lowest BCUT2D eigenvalue weighted by molar-refractivity contribution is -0.176. The summed E-state index contributed by atoms with van der Waals surface area (Å²) in [4.78, 5) is 58.5. The smallest absolute Gasteiger partial charge is 0.341 e. The number of carbonyl (C=O) groups is 5. The van der Waals surface area contributed by atoms with Crippen LogP contribution in [-0.2, 0) is 19.2 Å². The van der Waals surface area contributed by atoms with Gasteiger partial charge in [-0.25, -0.2) is 20.0 Å². The second-order valence-corrected chi connectivity index (χ2v) is 9.55. The van der Waals surface area contributed by atoms with Gasteiger partial charge in [-0.15, -0.1) is 0 Å². The zero-order valence-corrected chi connectivity index (χ0v) is 23.4. The second-order valence-electron chi connectivity index (χ2n) is 9.55. The van der Waals surface area contributed by atoms with Crippen LogP contribution in [0.5, 0.6) is 0 Å². The van der Waals surface area contributed by atoms with Crippen molar-refractivity contribution >= 4 is 30.2 Å². The molecule has 20 nitrogen and oxygen atoms in total. The zero-order chi connectivity index (χ0) is 32.4. The molecule has 0 saturated carbocycles. The SMILES string of the molecule is CC(O)CN(O)CC(O)C(NC(=O)C(N)CCCN(O)C(=O)NCCCN(O)C=O)C(=O)N(O)CCCC(N)C(=O)O. The number of aliphatic hydroxyl groups is 2. The summed E-state index contributed by atoms with van der Waals surface area (Å²) in [5, 5.41) is 73.6. The van der Waals surface area contributed by atoms with Crippen molar-refractivity contribution < 1.29 is 60.1 Å². The summed E-state index contributed by atoms with van der Waals surface area (Å²) >= 11 is 0. The van der Waals surface area contributed by atoms with Crippen LogP contribution in [0.4, 0.5) is 4.79 Å². The van der Waals surface area contributed by atoms with Gasteiger partial charge in [-0.2, -0.15) is 5.06 Å². The molecule has 0 bridgehead atoms. The molecule has 5 unspecified atom stereocenters. The van der Waals surface area contributed by atoms with Crippen molar-refractivity contribution in [1.29, 1.82) is 0 Å². The van der Waals surface area contributed by atoms with Gasteiger partial charge in [0.2, 0.25) is 12.3 Å². The Morgan fingerprint density at radius 2 is 1.43 bits per heavy atom. The molecule has 244 valence electrons. The van der Waals surface area contributed by atoms with Crippen molar-refractivity contribution in [3.05, 3.63) is 0 Å². The monoisotopic (exact) mass is 612 g/mol. The van der Waals surface area contributed by atoms with Crippen LogP contribution >= 0.6 is 0 Å². The lowest BCUT2D eigenvalue weighted by Crippen LogP contribution is -2.59. The molecule has 20 heteroatoms. The number of aliphatic hydroxyl groups excluding tert-OH is 2. The predicted octanol–water partition coefficient (Wildman–Crippen LogP) is -3.94. The Bertz CT molecular complexity index is 854. The van der Waals surface area contributed by atoms with E-state index >= 15 is 0 Å². The molecular formula is C22H44N8O12. The lowest BCUT2D eigenvalue weighted by atomic mass is 10.1. The Balaban J connectivity index is 5.06. The Morgan fingerprint density at radius 1 is 0.857 bits per heavy atom. The first-order chi connectivity index (χ1) is 19.6. The molecule has 0 aliphatic heterocycles. The minimum absolute atomic E-state index is 0.0179. The number of carboxylic acids is 1. The standard InChI is InChI=1S/C22H44N8O12/c1-14(32)11-28(40)12-17(33)18(20(35)29(41)9-3-6-16(24)21(36)37)26-19(34)15(23)5-2-10-30(42)22(38)25-7-4-8-27(39)13-31/h13-18,32-33,39-42H,2-12,23-24H2,1H3,(H,25,38)(H,26,34)(H,36,37). The van der Waals surface area contributed by atoms with Crippen LogP contribution in [0, 0.1) is 0 Å². The molecule has 0 fully saturated rings. The number of nitrogens with one attached hydrogen (secondary N) is 2. The second kappa shape index (κ2) is 20.6. The third-order valence-corrected chi connectivity index (χ3v) is 5.70. The third-order valence-electron chi connectivity index (χ3n) is 5.70. The van der Waals surface area contributed by atoms with Gasteiger partial charge in [0, 0.05) is 26.2 Å². The minimum Gasteiger partial charge on any atom is -0.480 e. The number of nitrogens with zero attached hydrogens (tertiary/aromatic N) is 4.